The highest BCUT2D eigenvalue weighted by Crippen LogP contribution is 2.21. The maximum absolute atomic E-state index is 14.3. The first-order valence-electron chi connectivity index (χ1n) is 8.47. The number of benzene rings is 1. The van der Waals surface area contributed by atoms with E-state index in [1.807, 2.05) is 23.1 Å². The maximum atomic E-state index is 14.3. The van der Waals surface area contributed by atoms with Gasteiger partial charge in [-0.15, -0.1) is 0 Å². The number of nitriles is 1. The van der Waals surface area contributed by atoms with Gasteiger partial charge >= 0.3 is 0 Å². The van der Waals surface area contributed by atoms with Crippen LogP contribution >= 0.6 is 0 Å². The van der Waals surface area contributed by atoms with Gasteiger partial charge in [-0.3, -0.25) is 9.88 Å². The molecular weight excluding hydrogens is 333 g/mol. The summed E-state index contributed by atoms with van der Waals surface area (Å²) in [6.07, 6.45) is 1.89. The fourth-order valence-corrected chi connectivity index (χ4v) is 3.20. The van der Waals surface area contributed by atoms with Gasteiger partial charge in [0, 0.05) is 25.8 Å². The van der Waals surface area contributed by atoms with Crippen LogP contribution in [0.5, 0.6) is 0 Å². The highest BCUT2D eigenvalue weighted by Gasteiger charge is 2.33. The molecule has 0 saturated carbocycles. The van der Waals surface area contributed by atoms with Crippen molar-refractivity contribution in [2.75, 3.05) is 13.1 Å². The number of H-pyrrole nitrogens is 1. The number of halogens is 1. The highest BCUT2D eigenvalue weighted by molar-refractivity contribution is 5.73. The minimum absolute atomic E-state index is 0.241. The number of alkyl halides is 1. The standard InChI is InChI=1S/C19H18FN5O/c20-15-10-25(9-14-3-1-13(7-21)2-4-14)11-18(15)26-12-19-23-16-5-6-22-8-17(16)24-19/h1-6,8,15,18H,9-12H2,(H,23,24)/t15-,18+/m1/s1. The molecule has 6 nitrogen and oxygen atoms in total. The van der Waals surface area contributed by atoms with E-state index in [4.69, 9.17) is 10.00 Å². The molecule has 1 saturated heterocycles. The molecule has 132 valence electrons. The summed E-state index contributed by atoms with van der Waals surface area (Å²) in [5, 5.41) is 8.84. The molecule has 1 N–H and O–H groups in total. The third-order valence-electron chi connectivity index (χ3n) is 4.53. The van der Waals surface area contributed by atoms with Crippen LogP contribution in [0.15, 0.2) is 42.7 Å². The van der Waals surface area contributed by atoms with Crippen molar-refractivity contribution in [1.29, 1.82) is 5.26 Å². The van der Waals surface area contributed by atoms with Crippen molar-refractivity contribution >= 4 is 11.0 Å². The Morgan fingerprint density at radius 2 is 2.12 bits per heavy atom. The largest absolute Gasteiger partial charge is 0.366 e. The molecule has 26 heavy (non-hydrogen) atoms. The van der Waals surface area contributed by atoms with Crippen LogP contribution in [-0.4, -0.2) is 45.2 Å². The lowest BCUT2D eigenvalue weighted by molar-refractivity contribution is 0.00864. The number of nitrogens with one attached hydrogen (secondary N) is 1. The molecule has 0 aliphatic carbocycles. The smallest absolute Gasteiger partial charge is 0.140 e. The first-order chi connectivity index (χ1) is 12.7. The fourth-order valence-electron chi connectivity index (χ4n) is 3.20. The molecular formula is C19H18FN5O. The molecule has 3 heterocycles. The van der Waals surface area contributed by atoms with Gasteiger partial charge in [0.2, 0.25) is 0 Å². The minimum Gasteiger partial charge on any atom is -0.366 e. The van der Waals surface area contributed by atoms with Crippen LogP contribution in [-0.2, 0) is 17.9 Å². The van der Waals surface area contributed by atoms with Gasteiger partial charge in [-0.25, -0.2) is 9.37 Å². The van der Waals surface area contributed by atoms with Gasteiger partial charge in [-0.1, -0.05) is 12.1 Å². The lowest BCUT2D eigenvalue weighted by Gasteiger charge is -2.15. The number of hydrogen-bond donors (Lipinski definition) is 1. The number of nitrogens with zero attached hydrogens (tertiary/aromatic N) is 4. The van der Waals surface area contributed by atoms with E-state index >= 15 is 0 Å². The number of hydrogen-bond acceptors (Lipinski definition) is 5. The summed E-state index contributed by atoms with van der Waals surface area (Å²) in [4.78, 5) is 13.6. The molecule has 1 fully saturated rings. The van der Waals surface area contributed by atoms with Gasteiger partial charge in [-0.05, 0) is 23.8 Å². The molecule has 0 amide bonds. The Kier molecular flexibility index (Phi) is 4.61. The third-order valence-corrected chi connectivity index (χ3v) is 4.53. The van der Waals surface area contributed by atoms with Crippen molar-refractivity contribution < 1.29 is 9.13 Å². The molecule has 2 atom stereocenters. The normalized spacial score (nSPS) is 20.5. The number of rotatable bonds is 5. The summed E-state index contributed by atoms with van der Waals surface area (Å²) in [5.41, 5.74) is 3.35. The van der Waals surface area contributed by atoms with Crippen LogP contribution in [0.3, 0.4) is 0 Å². The molecule has 0 radical (unpaired) electrons. The molecule has 4 rings (SSSR count). The number of aromatic amines is 1. The van der Waals surface area contributed by atoms with E-state index in [-0.39, 0.29) is 6.61 Å². The molecule has 1 aromatic carbocycles. The predicted molar refractivity (Wildman–Crippen MR) is 93.8 cm³/mol. The Hall–Kier alpha value is -2.82. The topological polar surface area (TPSA) is 77.8 Å². The van der Waals surface area contributed by atoms with E-state index in [2.05, 4.69) is 21.0 Å². The fraction of sp³-hybridized carbons (Fsp3) is 0.316. The summed E-state index contributed by atoms with van der Waals surface area (Å²) in [7, 11) is 0. The van der Waals surface area contributed by atoms with E-state index in [1.165, 1.54) is 0 Å². The first-order valence-corrected chi connectivity index (χ1v) is 8.47. The molecule has 0 bridgehead atoms. The number of imidazole rings is 1. The maximum Gasteiger partial charge on any atom is 0.140 e. The van der Waals surface area contributed by atoms with E-state index < -0.39 is 12.3 Å². The molecule has 7 heteroatoms. The average Bonchev–Trinajstić information content (AvgIpc) is 3.23. The van der Waals surface area contributed by atoms with Gasteiger partial charge in [0.05, 0.1) is 28.9 Å². The zero-order valence-electron chi connectivity index (χ0n) is 14.1. The second-order valence-corrected chi connectivity index (χ2v) is 6.44. The van der Waals surface area contributed by atoms with Crippen LogP contribution < -0.4 is 0 Å². The van der Waals surface area contributed by atoms with Gasteiger partial charge in [0.1, 0.15) is 24.7 Å². The van der Waals surface area contributed by atoms with Gasteiger partial charge in [0.15, 0.2) is 0 Å². The van der Waals surface area contributed by atoms with Gasteiger partial charge in [-0.2, -0.15) is 5.26 Å². The second kappa shape index (κ2) is 7.20. The number of pyridine rings is 1. The number of likely N-dealkylation sites (tertiary alicyclic amines) is 1. The summed E-state index contributed by atoms with van der Waals surface area (Å²) in [5.74, 6) is 0.672. The summed E-state index contributed by atoms with van der Waals surface area (Å²) >= 11 is 0. The highest BCUT2D eigenvalue weighted by atomic mass is 19.1. The SMILES string of the molecule is N#Cc1ccc(CN2C[C@@H](F)[C@@H](OCc3nc4ccncc4[nH]3)C2)cc1. The van der Waals surface area contributed by atoms with Crippen LogP contribution in [0.1, 0.15) is 17.0 Å². The van der Waals surface area contributed by atoms with Crippen molar-refractivity contribution in [3.8, 4) is 6.07 Å². The Morgan fingerprint density at radius 3 is 2.88 bits per heavy atom. The third kappa shape index (κ3) is 3.57. The lowest BCUT2D eigenvalue weighted by Crippen LogP contribution is -2.24. The quantitative estimate of drug-likeness (QED) is 0.764. The Labute approximate surface area is 150 Å². The van der Waals surface area contributed by atoms with Crippen LogP contribution in [0, 0.1) is 11.3 Å². The molecule has 0 unspecified atom stereocenters. The second-order valence-electron chi connectivity index (χ2n) is 6.44. The number of fused-ring (bicyclic) bond motifs is 1. The van der Waals surface area contributed by atoms with E-state index in [0.29, 0.717) is 31.0 Å². The lowest BCUT2D eigenvalue weighted by atomic mass is 10.1. The van der Waals surface area contributed by atoms with Crippen molar-refractivity contribution in [2.45, 2.75) is 25.4 Å². The van der Waals surface area contributed by atoms with Crippen LogP contribution in [0.2, 0.25) is 0 Å². The van der Waals surface area contributed by atoms with Crippen molar-refractivity contribution in [3.05, 3.63) is 59.7 Å². The summed E-state index contributed by atoms with van der Waals surface area (Å²) < 4.78 is 20.1. The average molecular weight is 351 g/mol. The number of aromatic nitrogens is 3. The van der Waals surface area contributed by atoms with Crippen LogP contribution in [0.4, 0.5) is 4.39 Å². The molecule has 2 aromatic heterocycles. The van der Waals surface area contributed by atoms with Gasteiger partial charge < -0.3 is 9.72 Å². The predicted octanol–water partition coefficient (Wildman–Crippen LogP) is 2.57. The summed E-state index contributed by atoms with van der Waals surface area (Å²) in [6, 6.07) is 11.3. The molecule has 1 aliphatic rings. The Bertz CT molecular complexity index is 900. The molecule has 1 aliphatic heterocycles. The van der Waals surface area contributed by atoms with Crippen molar-refractivity contribution in [1.82, 2.24) is 19.9 Å². The monoisotopic (exact) mass is 351 g/mol. The zero-order chi connectivity index (χ0) is 17.9. The molecule has 3 aromatic rings. The van der Waals surface area contributed by atoms with Gasteiger partial charge in [0.25, 0.3) is 0 Å². The van der Waals surface area contributed by atoms with E-state index in [1.54, 1.807) is 24.5 Å². The van der Waals surface area contributed by atoms with E-state index in [9.17, 15) is 4.39 Å². The van der Waals surface area contributed by atoms with Crippen molar-refractivity contribution in [3.63, 3.8) is 0 Å². The zero-order valence-corrected chi connectivity index (χ0v) is 14.1. The first kappa shape index (κ1) is 16.6. The van der Waals surface area contributed by atoms with E-state index in [0.717, 1.165) is 16.6 Å². The van der Waals surface area contributed by atoms with Crippen molar-refractivity contribution in [2.24, 2.45) is 0 Å². The summed E-state index contributed by atoms with van der Waals surface area (Å²) in [6.45, 7) is 1.75. The minimum atomic E-state index is -1.03. The number of ether oxygens (including phenoxy) is 1. The molecule has 0 spiro atoms. The Morgan fingerprint density at radius 1 is 1.27 bits per heavy atom. The Balaban J connectivity index is 1.33. The van der Waals surface area contributed by atoms with Crippen LogP contribution in [0.25, 0.3) is 11.0 Å².